The quantitative estimate of drug-likeness (QED) is 0.454. The molecule has 102 valence electrons. The van der Waals surface area contributed by atoms with Crippen LogP contribution < -0.4 is 4.74 Å². The number of hydrogen-bond acceptors (Lipinski definition) is 1. The highest BCUT2D eigenvalue weighted by Gasteiger charge is 2.05. The minimum atomic E-state index is 0.568. The van der Waals surface area contributed by atoms with Gasteiger partial charge in [0.1, 0.15) is 5.75 Å². The molecule has 1 aromatic carbocycles. The minimum absolute atomic E-state index is 0.568. The van der Waals surface area contributed by atoms with Crippen LogP contribution in [0.5, 0.6) is 5.75 Å². The van der Waals surface area contributed by atoms with E-state index in [9.17, 15) is 0 Å². The van der Waals surface area contributed by atoms with Crippen LogP contribution in [0.1, 0.15) is 55.7 Å². The van der Waals surface area contributed by atoms with Crippen LogP contribution in [0.15, 0.2) is 12.1 Å². The molecule has 0 unspecified atom stereocenters. The molecule has 0 heterocycles. The molecule has 0 fully saturated rings. The van der Waals surface area contributed by atoms with Gasteiger partial charge in [-0.05, 0) is 37.0 Å². The molecular weight excluding hydrogens is 244 g/mol. The summed E-state index contributed by atoms with van der Waals surface area (Å²) in [5.41, 5.74) is 3.56. The lowest BCUT2D eigenvalue weighted by molar-refractivity contribution is 0.300. The van der Waals surface area contributed by atoms with Crippen molar-refractivity contribution in [3.05, 3.63) is 28.8 Å². The summed E-state index contributed by atoms with van der Waals surface area (Å²) < 4.78 is 5.90. The lowest BCUT2D eigenvalue weighted by atomic mass is 10.1. The summed E-state index contributed by atoms with van der Waals surface area (Å²) in [4.78, 5) is 0. The third-order valence-corrected chi connectivity index (χ3v) is 3.48. The first-order valence-corrected chi connectivity index (χ1v) is 7.51. The van der Waals surface area contributed by atoms with E-state index in [1.165, 1.54) is 42.4 Å². The van der Waals surface area contributed by atoms with E-state index in [1.54, 1.807) is 0 Å². The molecule has 0 atom stereocenters. The Morgan fingerprint density at radius 1 is 1.00 bits per heavy atom. The fourth-order valence-corrected chi connectivity index (χ4v) is 2.38. The van der Waals surface area contributed by atoms with E-state index in [2.05, 4.69) is 32.9 Å². The molecule has 0 saturated carbocycles. The number of aryl methyl sites for hydroxylation is 2. The van der Waals surface area contributed by atoms with Gasteiger partial charge in [0.25, 0.3) is 0 Å². The predicted molar refractivity (Wildman–Crippen MR) is 79.7 cm³/mol. The van der Waals surface area contributed by atoms with E-state index in [0.29, 0.717) is 5.88 Å². The Labute approximate surface area is 116 Å². The number of hydrogen-bond donors (Lipinski definition) is 0. The van der Waals surface area contributed by atoms with Crippen molar-refractivity contribution in [2.24, 2.45) is 0 Å². The van der Waals surface area contributed by atoms with Gasteiger partial charge < -0.3 is 4.74 Å². The summed E-state index contributed by atoms with van der Waals surface area (Å²) in [6.45, 7) is 7.25. The maximum absolute atomic E-state index is 5.90. The second-order valence-corrected chi connectivity index (χ2v) is 5.22. The summed E-state index contributed by atoms with van der Waals surface area (Å²) in [5, 5.41) is 0. The SMILES string of the molecule is CCCCCCCOc1c(C)cc(CCl)cc1C. The van der Waals surface area contributed by atoms with Gasteiger partial charge in [-0.2, -0.15) is 0 Å². The maximum atomic E-state index is 5.90. The molecule has 0 aliphatic rings. The Hall–Kier alpha value is -0.690. The van der Waals surface area contributed by atoms with E-state index < -0.39 is 0 Å². The molecule has 1 aromatic rings. The monoisotopic (exact) mass is 268 g/mol. The number of ether oxygens (including phenoxy) is 1. The van der Waals surface area contributed by atoms with Gasteiger partial charge in [-0.15, -0.1) is 11.6 Å². The molecule has 0 aliphatic heterocycles. The lowest BCUT2D eigenvalue weighted by Crippen LogP contribution is -2.01. The fraction of sp³-hybridized carbons (Fsp3) is 0.625. The van der Waals surface area contributed by atoms with Gasteiger partial charge in [0, 0.05) is 5.88 Å². The zero-order valence-electron chi connectivity index (χ0n) is 11.9. The zero-order valence-corrected chi connectivity index (χ0v) is 12.6. The van der Waals surface area contributed by atoms with Crippen LogP contribution in [0.3, 0.4) is 0 Å². The Morgan fingerprint density at radius 2 is 1.61 bits per heavy atom. The van der Waals surface area contributed by atoms with Gasteiger partial charge in [0.05, 0.1) is 6.61 Å². The number of benzene rings is 1. The summed E-state index contributed by atoms with van der Waals surface area (Å²) in [5.74, 6) is 1.61. The third-order valence-electron chi connectivity index (χ3n) is 3.17. The van der Waals surface area contributed by atoms with Gasteiger partial charge in [0.2, 0.25) is 0 Å². The smallest absolute Gasteiger partial charge is 0.125 e. The van der Waals surface area contributed by atoms with Crippen LogP contribution in [0, 0.1) is 13.8 Å². The summed E-state index contributed by atoms with van der Waals surface area (Å²) in [6.07, 6.45) is 6.37. The number of rotatable bonds is 8. The largest absolute Gasteiger partial charge is 0.493 e. The molecule has 0 bridgehead atoms. The van der Waals surface area contributed by atoms with Gasteiger partial charge in [-0.25, -0.2) is 0 Å². The average Bonchev–Trinajstić information content (AvgIpc) is 2.35. The van der Waals surface area contributed by atoms with Crippen molar-refractivity contribution in [1.29, 1.82) is 0 Å². The van der Waals surface area contributed by atoms with E-state index >= 15 is 0 Å². The van der Waals surface area contributed by atoms with E-state index in [1.807, 2.05) is 0 Å². The second-order valence-electron chi connectivity index (χ2n) is 4.96. The zero-order chi connectivity index (χ0) is 13.4. The van der Waals surface area contributed by atoms with Gasteiger partial charge in [0.15, 0.2) is 0 Å². The van der Waals surface area contributed by atoms with Crippen LogP contribution in [0.25, 0.3) is 0 Å². The molecule has 1 rings (SSSR count). The average molecular weight is 269 g/mol. The van der Waals surface area contributed by atoms with Crippen LogP contribution in [-0.2, 0) is 5.88 Å². The van der Waals surface area contributed by atoms with Crippen LogP contribution in [0.4, 0.5) is 0 Å². The molecule has 1 nitrogen and oxygen atoms in total. The van der Waals surface area contributed by atoms with Crippen molar-refractivity contribution in [3.63, 3.8) is 0 Å². The molecule has 18 heavy (non-hydrogen) atoms. The van der Waals surface area contributed by atoms with E-state index in [-0.39, 0.29) is 0 Å². The number of alkyl halides is 1. The second kappa shape index (κ2) is 8.42. The van der Waals surface area contributed by atoms with Crippen molar-refractivity contribution in [2.75, 3.05) is 6.61 Å². The number of unbranched alkanes of at least 4 members (excludes halogenated alkanes) is 4. The Kier molecular flexibility index (Phi) is 7.19. The molecule has 2 heteroatoms. The minimum Gasteiger partial charge on any atom is -0.493 e. The Balaban J connectivity index is 2.42. The molecule has 0 aliphatic carbocycles. The highest BCUT2D eigenvalue weighted by Crippen LogP contribution is 2.25. The molecule has 0 saturated heterocycles. The topological polar surface area (TPSA) is 9.23 Å². The van der Waals surface area contributed by atoms with Crippen molar-refractivity contribution in [1.82, 2.24) is 0 Å². The summed E-state index contributed by atoms with van der Waals surface area (Å²) in [6, 6.07) is 4.23. The van der Waals surface area contributed by atoms with Crippen molar-refractivity contribution < 1.29 is 4.74 Å². The van der Waals surface area contributed by atoms with Gasteiger partial charge in [-0.3, -0.25) is 0 Å². The first-order chi connectivity index (χ1) is 8.69. The molecule has 0 amide bonds. The standard InChI is InChI=1S/C16H25ClO/c1-4-5-6-7-8-9-18-16-13(2)10-15(12-17)11-14(16)3/h10-11H,4-9,12H2,1-3H3. The van der Waals surface area contributed by atoms with E-state index in [0.717, 1.165) is 18.8 Å². The van der Waals surface area contributed by atoms with Crippen molar-refractivity contribution >= 4 is 11.6 Å². The lowest BCUT2D eigenvalue weighted by Gasteiger charge is -2.13. The third kappa shape index (κ3) is 4.89. The Bertz CT molecular complexity index is 337. The molecular formula is C16H25ClO. The molecule has 0 spiro atoms. The van der Waals surface area contributed by atoms with Gasteiger partial charge >= 0.3 is 0 Å². The van der Waals surface area contributed by atoms with Crippen LogP contribution >= 0.6 is 11.6 Å². The fourth-order valence-electron chi connectivity index (χ4n) is 2.22. The van der Waals surface area contributed by atoms with Crippen LogP contribution in [-0.4, -0.2) is 6.61 Å². The predicted octanol–water partition coefficient (Wildman–Crippen LogP) is 5.39. The maximum Gasteiger partial charge on any atom is 0.125 e. The highest BCUT2D eigenvalue weighted by molar-refractivity contribution is 6.17. The van der Waals surface area contributed by atoms with Crippen LogP contribution in [0.2, 0.25) is 0 Å². The highest BCUT2D eigenvalue weighted by atomic mass is 35.5. The normalized spacial score (nSPS) is 10.7. The molecule has 0 N–H and O–H groups in total. The first kappa shape index (κ1) is 15.4. The van der Waals surface area contributed by atoms with Crippen molar-refractivity contribution in [3.8, 4) is 5.75 Å². The summed E-state index contributed by atoms with van der Waals surface area (Å²) in [7, 11) is 0. The first-order valence-electron chi connectivity index (χ1n) is 6.98. The Morgan fingerprint density at radius 3 is 2.17 bits per heavy atom. The van der Waals surface area contributed by atoms with Crippen molar-refractivity contribution in [2.45, 2.75) is 58.8 Å². The molecule has 0 radical (unpaired) electrons. The molecule has 0 aromatic heterocycles. The number of halogens is 1. The van der Waals surface area contributed by atoms with E-state index in [4.69, 9.17) is 16.3 Å². The summed E-state index contributed by atoms with van der Waals surface area (Å²) >= 11 is 5.86. The van der Waals surface area contributed by atoms with Gasteiger partial charge in [-0.1, -0.05) is 44.7 Å².